The van der Waals surface area contributed by atoms with E-state index in [-0.39, 0.29) is 42.7 Å². The van der Waals surface area contributed by atoms with E-state index in [0.717, 1.165) is 61.5 Å². The molecule has 6 heteroatoms. The van der Waals surface area contributed by atoms with Crippen LogP contribution in [0.5, 0.6) is 11.5 Å². The first-order valence-electron chi connectivity index (χ1n) is 26.4. The summed E-state index contributed by atoms with van der Waals surface area (Å²) in [5, 5.41) is 2.22. The van der Waals surface area contributed by atoms with Crippen LogP contribution in [0.15, 0.2) is 182 Å². The molecule has 0 bridgehead atoms. The number of benzene rings is 8. The Morgan fingerprint density at radius 3 is 1.79 bits per heavy atom. The van der Waals surface area contributed by atoms with Gasteiger partial charge in [0.1, 0.15) is 5.82 Å². The van der Waals surface area contributed by atoms with Crippen molar-refractivity contribution in [2.24, 2.45) is 0 Å². The molecular formula is C70H67N4OPt-3. The number of fused-ring (bicyclic) bond motifs is 4. The maximum atomic E-state index is 6.76. The normalized spacial score (nSPS) is 13.1. The van der Waals surface area contributed by atoms with Crippen molar-refractivity contribution in [3.05, 3.63) is 223 Å². The maximum Gasteiger partial charge on any atom is 0.135 e. The van der Waals surface area contributed by atoms with Crippen LogP contribution in [-0.2, 0) is 42.7 Å². The number of rotatable bonds is 8. The average molecular weight is 1180 g/mol. The van der Waals surface area contributed by atoms with Crippen LogP contribution < -0.4 is 14.5 Å². The molecule has 1 aliphatic heterocycles. The third-order valence-corrected chi connectivity index (χ3v) is 14.8. The smallest absolute Gasteiger partial charge is 0.135 e. The van der Waals surface area contributed by atoms with Crippen molar-refractivity contribution >= 4 is 44.6 Å². The van der Waals surface area contributed by atoms with Gasteiger partial charge >= 0.3 is 0 Å². The SMILES string of the molecule is CC(C)(C)c1cccc(-c2ccc(-c3cc(C(C)(C)C)cc(-c4ccccc4C(C)(C)C)c3N3[CH-]N(c4[c-]c(Oc5[c-]c6c(cc5)c5ccccc5n6-c5cc(C(C)(C)C)ccn5)ccc4)c4ccccc43)cc2)c1.[Pt]. The van der Waals surface area contributed by atoms with Gasteiger partial charge in [0, 0.05) is 72.5 Å². The van der Waals surface area contributed by atoms with Crippen molar-refractivity contribution in [1.82, 2.24) is 9.55 Å². The van der Waals surface area contributed by atoms with Crippen molar-refractivity contribution in [3.63, 3.8) is 0 Å². The van der Waals surface area contributed by atoms with Crippen molar-refractivity contribution in [1.29, 1.82) is 0 Å². The van der Waals surface area contributed by atoms with Crippen molar-refractivity contribution in [3.8, 4) is 50.7 Å². The second-order valence-electron chi connectivity index (χ2n) is 24.3. The zero-order valence-electron chi connectivity index (χ0n) is 45.9. The van der Waals surface area contributed by atoms with E-state index >= 15 is 0 Å². The molecule has 0 fully saturated rings. The van der Waals surface area contributed by atoms with Crippen LogP contribution in [0.1, 0.15) is 105 Å². The van der Waals surface area contributed by atoms with Crippen LogP contribution >= 0.6 is 0 Å². The minimum absolute atomic E-state index is 0. The Kier molecular flexibility index (Phi) is 13.6. The predicted molar refractivity (Wildman–Crippen MR) is 315 cm³/mol. The molecule has 3 heterocycles. The summed E-state index contributed by atoms with van der Waals surface area (Å²) >= 11 is 0. The first-order chi connectivity index (χ1) is 35.7. The Morgan fingerprint density at radius 1 is 0.447 bits per heavy atom. The quantitative estimate of drug-likeness (QED) is 0.142. The molecule has 0 aliphatic carbocycles. The number of hydrogen-bond donors (Lipinski definition) is 0. The molecule has 11 rings (SSSR count). The minimum atomic E-state index is -0.132. The van der Waals surface area contributed by atoms with Gasteiger partial charge in [0.15, 0.2) is 0 Å². The van der Waals surface area contributed by atoms with Crippen LogP contribution in [0, 0.1) is 18.8 Å². The summed E-state index contributed by atoms with van der Waals surface area (Å²) in [5.41, 5.74) is 18.1. The van der Waals surface area contributed by atoms with Crippen molar-refractivity contribution in [2.75, 3.05) is 9.80 Å². The van der Waals surface area contributed by atoms with Gasteiger partial charge in [0.2, 0.25) is 0 Å². The molecule has 0 amide bonds. The van der Waals surface area contributed by atoms with E-state index in [4.69, 9.17) is 9.72 Å². The van der Waals surface area contributed by atoms with E-state index in [0.29, 0.717) is 11.5 Å². The number of hydrogen-bond acceptors (Lipinski definition) is 4. The summed E-state index contributed by atoms with van der Waals surface area (Å²) in [6.45, 7) is 29.7. The molecule has 0 atom stereocenters. The third-order valence-electron chi connectivity index (χ3n) is 14.8. The van der Waals surface area contributed by atoms with Crippen LogP contribution in [0.25, 0.3) is 61.0 Å². The second-order valence-corrected chi connectivity index (χ2v) is 24.3. The molecular weight excluding hydrogens is 1110 g/mol. The Hall–Kier alpha value is -7.20. The molecule has 76 heavy (non-hydrogen) atoms. The van der Waals surface area contributed by atoms with Crippen LogP contribution in [0.4, 0.5) is 22.7 Å². The van der Waals surface area contributed by atoms with Crippen LogP contribution in [-0.4, -0.2) is 9.55 Å². The van der Waals surface area contributed by atoms with Crippen LogP contribution in [0.2, 0.25) is 0 Å². The number of pyridine rings is 1. The topological polar surface area (TPSA) is 33.5 Å². The summed E-state index contributed by atoms with van der Waals surface area (Å²) in [6, 6.07) is 71.1. The van der Waals surface area contributed by atoms with Gasteiger partial charge in [-0.25, -0.2) is 4.98 Å². The van der Waals surface area contributed by atoms with E-state index in [1.54, 1.807) is 0 Å². The van der Waals surface area contributed by atoms with Gasteiger partial charge in [-0.15, -0.1) is 48.1 Å². The maximum absolute atomic E-state index is 6.76. The summed E-state index contributed by atoms with van der Waals surface area (Å²) in [4.78, 5) is 9.54. The second kappa shape index (κ2) is 19.7. The number of nitrogens with zero attached hydrogens (tertiary/aromatic N) is 4. The van der Waals surface area contributed by atoms with Gasteiger partial charge in [-0.1, -0.05) is 192 Å². The Balaban J connectivity index is 0.00000657. The first kappa shape index (κ1) is 52.2. The summed E-state index contributed by atoms with van der Waals surface area (Å²) in [6.07, 6.45) is 1.91. The van der Waals surface area contributed by atoms with Crippen molar-refractivity contribution in [2.45, 2.75) is 105 Å². The molecule has 0 saturated carbocycles. The number of anilines is 4. The number of para-hydroxylation sites is 3. The number of aromatic nitrogens is 2. The molecule has 0 spiro atoms. The minimum Gasteiger partial charge on any atom is -0.509 e. The van der Waals surface area contributed by atoms with Gasteiger partial charge in [-0.2, -0.15) is 12.1 Å². The predicted octanol–water partition coefficient (Wildman–Crippen LogP) is 19.2. The van der Waals surface area contributed by atoms with Gasteiger partial charge in [-0.05, 0) is 114 Å². The molecule has 10 aromatic rings. The Morgan fingerprint density at radius 2 is 1.07 bits per heavy atom. The van der Waals surface area contributed by atoms with Gasteiger partial charge in [0.05, 0.1) is 0 Å². The van der Waals surface area contributed by atoms with E-state index in [2.05, 4.69) is 274 Å². The summed E-state index contributed by atoms with van der Waals surface area (Å²) in [5.74, 6) is 2.03. The molecule has 2 aromatic heterocycles. The fourth-order valence-corrected chi connectivity index (χ4v) is 10.5. The largest absolute Gasteiger partial charge is 0.509 e. The van der Waals surface area contributed by atoms with E-state index in [9.17, 15) is 0 Å². The van der Waals surface area contributed by atoms with E-state index in [1.807, 2.05) is 24.4 Å². The zero-order chi connectivity index (χ0) is 52.6. The standard InChI is InChI=1S/C70H67N4O.Pt/c1-67(2,3)49-22-19-21-48(39-49)46-31-33-47(34-32-46)58-40-51(69(7,8)9)41-59(55-25-13-15-27-60(55)70(10,11)12)66(58)73-45-72(62-29-17-18-30-63(62)73)52-23-20-24-53(43-52)75-54-35-36-57-56-26-14-16-28-61(56)74(64(57)44-54)65-42-50(37-38-71-65)68(4,5)6;/h13-42,45H,1-12H3;/q-3;. The first-order valence-corrected chi connectivity index (χ1v) is 26.4. The third kappa shape index (κ3) is 9.91. The van der Waals surface area contributed by atoms with Gasteiger partial charge in [0.25, 0.3) is 0 Å². The summed E-state index contributed by atoms with van der Waals surface area (Å²) < 4.78 is 8.96. The Bertz CT molecular complexity index is 3780. The van der Waals surface area contributed by atoms with Crippen molar-refractivity contribution < 1.29 is 25.8 Å². The molecule has 0 radical (unpaired) electrons. The molecule has 0 saturated heterocycles. The molecule has 1 aliphatic rings. The van der Waals surface area contributed by atoms with Gasteiger partial charge < -0.3 is 19.1 Å². The molecule has 0 N–H and O–H groups in total. The molecule has 8 aromatic carbocycles. The molecule has 386 valence electrons. The monoisotopic (exact) mass is 1170 g/mol. The Labute approximate surface area is 465 Å². The fourth-order valence-electron chi connectivity index (χ4n) is 10.5. The van der Waals surface area contributed by atoms with Crippen LogP contribution in [0.3, 0.4) is 0 Å². The number of ether oxygens (including phenoxy) is 1. The van der Waals surface area contributed by atoms with Gasteiger partial charge in [-0.3, -0.25) is 0 Å². The molecule has 0 unspecified atom stereocenters. The molecule has 5 nitrogen and oxygen atoms in total. The fraction of sp³-hybridized carbons (Fsp3) is 0.229. The average Bonchev–Trinajstić information content (AvgIpc) is 3.94. The zero-order valence-corrected chi connectivity index (χ0v) is 48.2. The van der Waals surface area contributed by atoms with E-state index in [1.165, 1.54) is 44.5 Å². The van der Waals surface area contributed by atoms with E-state index < -0.39 is 0 Å². The summed E-state index contributed by atoms with van der Waals surface area (Å²) in [7, 11) is 0.